The van der Waals surface area contributed by atoms with Crippen molar-refractivity contribution in [1.29, 1.82) is 0 Å². The van der Waals surface area contributed by atoms with E-state index >= 15 is 0 Å². The summed E-state index contributed by atoms with van der Waals surface area (Å²) >= 11 is 0. The quantitative estimate of drug-likeness (QED) is 0.661. The van der Waals surface area contributed by atoms with Crippen LogP contribution in [0.1, 0.15) is 25.7 Å². The second-order valence-electron chi connectivity index (χ2n) is 2.74. The highest BCUT2D eigenvalue weighted by Gasteiger charge is 2.16. The van der Waals surface area contributed by atoms with Gasteiger partial charge in [-0.15, -0.1) is 0 Å². The number of carbonyl (C=O) groups is 1. The largest absolute Gasteiger partial charge is 0.356 e. The van der Waals surface area contributed by atoms with Gasteiger partial charge in [-0.3, -0.25) is 0 Å². The van der Waals surface area contributed by atoms with E-state index in [9.17, 15) is 13.2 Å². The average Bonchev–Trinajstić information content (AvgIpc) is 2.37. The van der Waals surface area contributed by atoms with Crippen molar-refractivity contribution in [3.63, 3.8) is 0 Å². The molecule has 1 fully saturated rings. The van der Waals surface area contributed by atoms with E-state index in [1.165, 1.54) is 0 Å². The first kappa shape index (κ1) is 9.18. The van der Waals surface area contributed by atoms with Crippen molar-refractivity contribution in [2.45, 2.75) is 31.7 Å². The van der Waals surface area contributed by atoms with Gasteiger partial charge in [-0.2, -0.15) is 8.42 Å². The molecule has 0 aromatic heterocycles. The second-order valence-corrected chi connectivity index (χ2v) is 3.36. The van der Waals surface area contributed by atoms with E-state index in [2.05, 4.69) is 9.68 Å². The zero-order valence-electron chi connectivity index (χ0n) is 6.49. The van der Waals surface area contributed by atoms with Gasteiger partial charge in [0, 0.05) is 6.04 Å². The van der Waals surface area contributed by atoms with Gasteiger partial charge in [-0.1, -0.05) is 17.2 Å². The average molecular weight is 190 g/mol. The molecule has 0 aromatic rings. The summed E-state index contributed by atoms with van der Waals surface area (Å²) in [5.41, 5.74) is 0. The fraction of sp³-hybridized carbons (Fsp3) is 0.833. The molecule has 0 aromatic carbocycles. The first-order valence-electron chi connectivity index (χ1n) is 3.80. The monoisotopic (exact) mass is 190 g/mol. The first-order valence-corrected chi connectivity index (χ1v) is 4.83. The molecule has 68 valence electrons. The molecule has 1 aliphatic rings. The summed E-state index contributed by atoms with van der Waals surface area (Å²) in [6.07, 6.45) is 4.02. The molecule has 0 bridgehead atoms. The lowest BCUT2D eigenvalue weighted by molar-refractivity contribution is 0.246. The van der Waals surface area contributed by atoms with Crippen molar-refractivity contribution in [2.24, 2.45) is 4.36 Å². The van der Waals surface area contributed by atoms with E-state index < -0.39 is 16.5 Å². The van der Waals surface area contributed by atoms with Crippen molar-refractivity contribution in [1.82, 2.24) is 5.32 Å². The van der Waals surface area contributed by atoms with Crippen molar-refractivity contribution >= 4 is 16.5 Å². The zero-order valence-corrected chi connectivity index (χ0v) is 7.30. The predicted octanol–water partition coefficient (Wildman–Crippen LogP) is 0.701. The summed E-state index contributed by atoms with van der Waals surface area (Å²) in [4.78, 5) is 10.7. The number of hydrogen-bond acceptors (Lipinski definition) is 3. The van der Waals surface area contributed by atoms with Gasteiger partial charge in [0.2, 0.25) is 0 Å². The minimum Gasteiger partial charge on any atom is -0.333 e. The van der Waals surface area contributed by atoms with Gasteiger partial charge in [0.1, 0.15) is 0 Å². The van der Waals surface area contributed by atoms with Crippen LogP contribution in [0.2, 0.25) is 0 Å². The van der Waals surface area contributed by atoms with E-state index in [1.807, 2.05) is 0 Å². The molecule has 1 rings (SSSR count). The number of amides is 2. The van der Waals surface area contributed by atoms with Crippen LogP contribution in [0.4, 0.5) is 4.79 Å². The second kappa shape index (κ2) is 4.20. The smallest absolute Gasteiger partial charge is 0.333 e. The summed E-state index contributed by atoms with van der Waals surface area (Å²) in [6.45, 7) is 0. The third-order valence-corrected chi connectivity index (χ3v) is 2.16. The minimum atomic E-state index is -2.63. The van der Waals surface area contributed by atoms with Gasteiger partial charge in [-0.05, 0) is 12.8 Å². The molecule has 0 atom stereocenters. The molecule has 1 N–H and O–H groups in total. The Hall–Kier alpha value is -0.910. The molecule has 0 radical (unpaired) electrons. The van der Waals surface area contributed by atoms with E-state index in [0.29, 0.717) is 0 Å². The predicted molar refractivity (Wildman–Crippen MR) is 42.1 cm³/mol. The molecule has 5 nitrogen and oxygen atoms in total. The van der Waals surface area contributed by atoms with Crippen LogP contribution < -0.4 is 5.32 Å². The van der Waals surface area contributed by atoms with Gasteiger partial charge in [0.05, 0.1) is 0 Å². The molecule has 12 heavy (non-hydrogen) atoms. The van der Waals surface area contributed by atoms with Crippen LogP contribution in [0.15, 0.2) is 4.36 Å². The number of nitrogens with zero attached hydrogens (tertiary/aromatic N) is 1. The van der Waals surface area contributed by atoms with Gasteiger partial charge < -0.3 is 5.32 Å². The SMILES string of the molecule is O=C(N=S(=O)=O)NC1CCCC1. The van der Waals surface area contributed by atoms with E-state index in [0.717, 1.165) is 25.7 Å². The fourth-order valence-electron chi connectivity index (χ4n) is 1.34. The van der Waals surface area contributed by atoms with Crippen molar-refractivity contribution < 1.29 is 13.2 Å². The Kier molecular flexibility index (Phi) is 3.21. The maximum absolute atomic E-state index is 10.7. The summed E-state index contributed by atoms with van der Waals surface area (Å²) in [6, 6.07) is -0.639. The highest BCUT2D eigenvalue weighted by atomic mass is 32.2. The van der Waals surface area contributed by atoms with Gasteiger partial charge in [0.25, 0.3) is 0 Å². The number of hydrogen-bond donors (Lipinski definition) is 1. The number of rotatable bonds is 1. The Morgan fingerprint density at radius 2 is 1.92 bits per heavy atom. The molecule has 1 saturated carbocycles. The molecule has 0 spiro atoms. The van der Waals surface area contributed by atoms with E-state index in [1.54, 1.807) is 0 Å². The number of nitrogens with one attached hydrogen (secondary N) is 1. The lowest BCUT2D eigenvalue weighted by atomic mass is 10.3. The van der Waals surface area contributed by atoms with Crippen LogP contribution in [0, 0.1) is 0 Å². The normalized spacial score (nSPS) is 17.3. The topological polar surface area (TPSA) is 75.6 Å². The van der Waals surface area contributed by atoms with E-state index in [-0.39, 0.29) is 6.04 Å². The summed E-state index contributed by atoms with van der Waals surface area (Å²) in [7, 11) is -2.63. The van der Waals surface area contributed by atoms with Gasteiger partial charge in [-0.25, -0.2) is 4.79 Å². The van der Waals surface area contributed by atoms with E-state index in [4.69, 9.17) is 0 Å². The highest BCUT2D eigenvalue weighted by molar-refractivity contribution is 7.62. The van der Waals surface area contributed by atoms with Crippen molar-refractivity contribution in [3.05, 3.63) is 0 Å². The molecule has 6 heteroatoms. The molecule has 0 saturated heterocycles. The first-order chi connectivity index (χ1) is 5.68. The highest BCUT2D eigenvalue weighted by Crippen LogP contribution is 2.17. The number of carbonyl (C=O) groups excluding carboxylic acids is 1. The van der Waals surface area contributed by atoms with Crippen LogP contribution in [0.3, 0.4) is 0 Å². The molecular weight excluding hydrogens is 180 g/mol. The Labute approximate surface area is 71.9 Å². The molecular formula is C6H10N2O3S. The summed E-state index contributed by atoms with van der Waals surface area (Å²) < 4.78 is 22.7. The van der Waals surface area contributed by atoms with Gasteiger partial charge in [0.15, 0.2) is 0 Å². The molecule has 1 aliphatic carbocycles. The summed E-state index contributed by atoms with van der Waals surface area (Å²) in [5.74, 6) is 0. The standard InChI is InChI=1S/C6H10N2O3S/c9-6(8-12(10)11)7-5-3-1-2-4-5/h5H,1-4H2,(H,7,9). The molecule has 2 amide bonds. The summed E-state index contributed by atoms with van der Waals surface area (Å²) in [5, 5.41) is 2.51. The maximum Gasteiger partial charge on any atom is 0.356 e. The van der Waals surface area contributed by atoms with Crippen LogP contribution in [0.25, 0.3) is 0 Å². The molecule has 0 unspecified atom stereocenters. The molecule has 0 heterocycles. The third kappa shape index (κ3) is 3.00. The fourth-order valence-corrected chi connectivity index (χ4v) is 1.53. The van der Waals surface area contributed by atoms with Crippen molar-refractivity contribution in [2.75, 3.05) is 0 Å². The Bertz CT molecular complexity index is 282. The Morgan fingerprint density at radius 1 is 1.33 bits per heavy atom. The maximum atomic E-state index is 10.7. The third-order valence-electron chi connectivity index (χ3n) is 1.84. The Balaban J connectivity index is 2.40. The zero-order chi connectivity index (χ0) is 8.97. The lowest BCUT2D eigenvalue weighted by Crippen LogP contribution is -2.29. The van der Waals surface area contributed by atoms with Crippen LogP contribution in [-0.4, -0.2) is 20.5 Å². The number of urea groups is 1. The van der Waals surface area contributed by atoms with Crippen molar-refractivity contribution in [3.8, 4) is 0 Å². The Morgan fingerprint density at radius 3 is 2.42 bits per heavy atom. The molecule has 0 aliphatic heterocycles. The van der Waals surface area contributed by atoms with Crippen LogP contribution >= 0.6 is 0 Å². The van der Waals surface area contributed by atoms with Crippen LogP contribution in [-0.2, 0) is 10.5 Å². The van der Waals surface area contributed by atoms with Gasteiger partial charge >= 0.3 is 16.5 Å². The minimum absolute atomic E-state index is 0.116. The lowest BCUT2D eigenvalue weighted by Gasteiger charge is -2.06. The van der Waals surface area contributed by atoms with Crippen LogP contribution in [0.5, 0.6) is 0 Å².